The zero-order valence-corrected chi connectivity index (χ0v) is 12.8. The number of hydrogen-bond acceptors (Lipinski definition) is 4. The molecule has 19 heavy (non-hydrogen) atoms. The third kappa shape index (κ3) is 2.99. The van der Waals surface area contributed by atoms with Crippen LogP contribution in [0.4, 0.5) is 11.6 Å². The maximum Gasteiger partial charge on any atom is 0.137 e. The molecule has 1 saturated carbocycles. The van der Waals surface area contributed by atoms with Gasteiger partial charge in [0.15, 0.2) is 0 Å². The molecule has 1 atom stereocenters. The largest absolute Gasteiger partial charge is 0.373 e. The molecule has 0 radical (unpaired) electrons. The van der Waals surface area contributed by atoms with Gasteiger partial charge in [-0.25, -0.2) is 9.97 Å². The Kier molecular flexibility index (Phi) is 4.27. The van der Waals surface area contributed by atoms with E-state index in [0.29, 0.717) is 12.0 Å². The van der Waals surface area contributed by atoms with E-state index in [9.17, 15) is 0 Å². The highest BCUT2D eigenvalue weighted by atomic mass is 15.2. The molecule has 1 aromatic rings. The number of aromatic nitrogens is 2. The Morgan fingerprint density at radius 1 is 1.37 bits per heavy atom. The van der Waals surface area contributed by atoms with E-state index in [2.05, 4.69) is 43.0 Å². The van der Waals surface area contributed by atoms with Crippen molar-refractivity contribution in [1.82, 2.24) is 9.97 Å². The molecule has 4 heteroatoms. The molecular weight excluding hydrogens is 236 g/mol. The summed E-state index contributed by atoms with van der Waals surface area (Å²) >= 11 is 0. The van der Waals surface area contributed by atoms with Crippen LogP contribution < -0.4 is 10.2 Å². The maximum absolute atomic E-state index is 4.82. The molecule has 4 nitrogen and oxygen atoms in total. The molecule has 1 aliphatic carbocycles. The van der Waals surface area contributed by atoms with Crippen molar-refractivity contribution in [1.29, 1.82) is 0 Å². The van der Waals surface area contributed by atoms with E-state index in [1.165, 1.54) is 25.7 Å². The summed E-state index contributed by atoms with van der Waals surface area (Å²) in [7, 11) is 4.08. The second-order valence-electron chi connectivity index (χ2n) is 5.65. The molecule has 0 amide bonds. The van der Waals surface area contributed by atoms with Crippen molar-refractivity contribution in [2.75, 3.05) is 24.3 Å². The zero-order valence-electron chi connectivity index (χ0n) is 12.8. The van der Waals surface area contributed by atoms with Crippen molar-refractivity contribution in [2.45, 2.75) is 58.4 Å². The van der Waals surface area contributed by atoms with Gasteiger partial charge in [0.2, 0.25) is 0 Å². The molecule has 1 N–H and O–H groups in total. The van der Waals surface area contributed by atoms with Crippen LogP contribution in [0.1, 0.15) is 56.8 Å². The summed E-state index contributed by atoms with van der Waals surface area (Å²) in [5.74, 6) is 3.66. The van der Waals surface area contributed by atoms with Crippen LogP contribution in [0, 0.1) is 6.92 Å². The fraction of sp³-hybridized carbons (Fsp3) is 0.733. The minimum Gasteiger partial charge on any atom is -0.373 e. The van der Waals surface area contributed by atoms with Crippen LogP contribution in [-0.2, 0) is 0 Å². The lowest BCUT2D eigenvalue weighted by Gasteiger charge is -2.28. The Bertz CT molecular complexity index is 440. The van der Waals surface area contributed by atoms with Crippen molar-refractivity contribution < 1.29 is 0 Å². The molecule has 2 rings (SSSR count). The molecule has 1 fully saturated rings. The van der Waals surface area contributed by atoms with Gasteiger partial charge in [-0.1, -0.05) is 13.3 Å². The molecule has 1 unspecified atom stereocenters. The van der Waals surface area contributed by atoms with Crippen LogP contribution in [-0.4, -0.2) is 30.1 Å². The van der Waals surface area contributed by atoms with Crippen LogP contribution in [0.5, 0.6) is 0 Å². The molecule has 1 aromatic heterocycles. The Morgan fingerprint density at radius 3 is 2.58 bits per heavy atom. The van der Waals surface area contributed by atoms with Crippen molar-refractivity contribution in [3.63, 3.8) is 0 Å². The predicted molar refractivity (Wildman–Crippen MR) is 81.1 cm³/mol. The highest BCUT2D eigenvalue weighted by Crippen LogP contribution is 2.40. The average molecular weight is 262 g/mol. The van der Waals surface area contributed by atoms with Crippen molar-refractivity contribution >= 4 is 11.6 Å². The maximum atomic E-state index is 4.82. The minimum absolute atomic E-state index is 0.510. The summed E-state index contributed by atoms with van der Waals surface area (Å²) in [5.41, 5.74) is 1.15. The van der Waals surface area contributed by atoms with Crippen LogP contribution in [0.15, 0.2) is 0 Å². The normalized spacial score (nSPS) is 16.3. The number of hydrogen-bond donors (Lipinski definition) is 1. The first-order valence-electron chi connectivity index (χ1n) is 7.37. The lowest BCUT2D eigenvalue weighted by Crippen LogP contribution is -2.30. The first-order chi connectivity index (χ1) is 9.08. The molecule has 0 aliphatic heterocycles. The van der Waals surface area contributed by atoms with Gasteiger partial charge in [0.25, 0.3) is 0 Å². The summed E-state index contributed by atoms with van der Waals surface area (Å²) in [5, 5.41) is 3.21. The quantitative estimate of drug-likeness (QED) is 0.853. The molecule has 1 heterocycles. The standard InChI is InChI=1S/C15H26N4/c1-6-7-10(2)19(5)15-11(3)13(16-4)17-14(18-15)12-8-9-12/h10,12H,6-9H2,1-5H3,(H,16,17,18). The fourth-order valence-corrected chi connectivity index (χ4v) is 2.45. The highest BCUT2D eigenvalue weighted by Gasteiger charge is 2.29. The smallest absolute Gasteiger partial charge is 0.137 e. The van der Waals surface area contributed by atoms with Gasteiger partial charge in [0, 0.05) is 31.6 Å². The SMILES string of the molecule is CCCC(C)N(C)c1nc(C2CC2)nc(NC)c1C. The second-order valence-corrected chi connectivity index (χ2v) is 5.65. The van der Waals surface area contributed by atoms with E-state index in [-0.39, 0.29) is 0 Å². The number of nitrogens with one attached hydrogen (secondary N) is 1. The van der Waals surface area contributed by atoms with Gasteiger partial charge in [0.05, 0.1) is 0 Å². The highest BCUT2D eigenvalue weighted by molar-refractivity contribution is 5.58. The topological polar surface area (TPSA) is 41.1 Å². The molecule has 1 aliphatic rings. The van der Waals surface area contributed by atoms with Gasteiger partial charge in [0.1, 0.15) is 17.5 Å². The summed E-state index contributed by atoms with van der Waals surface area (Å²) in [6.45, 7) is 6.60. The van der Waals surface area contributed by atoms with E-state index >= 15 is 0 Å². The number of anilines is 2. The molecule has 0 spiro atoms. The van der Waals surface area contributed by atoms with Crippen LogP contribution in [0.2, 0.25) is 0 Å². The minimum atomic E-state index is 0.510. The summed E-state index contributed by atoms with van der Waals surface area (Å²) in [6.07, 6.45) is 4.86. The number of nitrogens with zero attached hydrogens (tertiary/aromatic N) is 3. The first kappa shape index (κ1) is 14.1. The Morgan fingerprint density at radius 2 is 2.05 bits per heavy atom. The number of rotatable bonds is 6. The third-order valence-corrected chi connectivity index (χ3v) is 4.02. The fourth-order valence-electron chi connectivity index (χ4n) is 2.45. The average Bonchev–Trinajstić information content (AvgIpc) is 3.23. The van der Waals surface area contributed by atoms with Gasteiger partial charge >= 0.3 is 0 Å². The van der Waals surface area contributed by atoms with Gasteiger partial charge < -0.3 is 10.2 Å². The zero-order chi connectivity index (χ0) is 14.0. The van der Waals surface area contributed by atoms with Crippen molar-refractivity contribution in [2.24, 2.45) is 0 Å². The Labute approximate surface area is 116 Å². The van der Waals surface area contributed by atoms with Crippen LogP contribution >= 0.6 is 0 Å². The van der Waals surface area contributed by atoms with E-state index in [4.69, 9.17) is 4.98 Å². The van der Waals surface area contributed by atoms with Crippen molar-refractivity contribution in [3.05, 3.63) is 11.4 Å². The van der Waals surface area contributed by atoms with Crippen molar-refractivity contribution in [3.8, 4) is 0 Å². The van der Waals surface area contributed by atoms with Gasteiger partial charge in [-0.15, -0.1) is 0 Å². The molecule has 106 valence electrons. The van der Waals surface area contributed by atoms with Gasteiger partial charge in [-0.2, -0.15) is 0 Å². The Hall–Kier alpha value is -1.32. The van der Waals surface area contributed by atoms with E-state index < -0.39 is 0 Å². The lowest BCUT2D eigenvalue weighted by atomic mass is 10.1. The third-order valence-electron chi connectivity index (χ3n) is 4.02. The van der Waals surface area contributed by atoms with E-state index in [1.807, 2.05) is 7.05 Å². The van der Waals surface area contributed by atoms with E-state index in [1.54, 1.807) is 0 Å². The van der Waals surface area contributed by atoms with Crippen LogP contribution in [0.3, 0.4) is 0 Å². The van der Waals surface area contributed by atoms with Gasteiger partial charge in [-0.05, 0) is 33.1 Å². The molecule has 0 bridgehead atoms. The monoisotopic (exact) mass is 262 g/mol. The molecule has 0 saturated heterocycles. The molecular formula is C15H26N4. The summed E-state index contributed by atoms with van der Waals surface area (Å²) in [4.78, 5) is 11.8. The lowest BCUT2D eigenvalue weighted by molar-refractivity contribution is 0.608. The first-order valence-corrected chi connectivity index (χ1v) is 7.37. The predicted octanol–water partition coefficient (Wildman–Crippen LogP) is 3.33. The molecule has 0 aromatic carbocycles. The van der Waals surface area contributed by atoms with Crippen LogP contribution in [0.25, 0.3) is 0 Å². The second kappa shape index (κ2) is 5.76. The van der Waals surface area contributed by atoms with E-state index in [0.717, 1.165) is 23.0 Å². The summed E-state index contributed by atoms with van der Waals surface area (Å²) in [6, 6.07) is 0.510. The van der Waals surface area contributed by atoms with Gasteiger partial charge in [-0.3, -0.25) is 0 Å². The Balaban J connectivity index is 2.34. The summed E-state index contributed by atoms with van der Waals surface area (Å²) < 4.78 is 0.